The van der Waals surface area contributed by atoms with E-state index in [1.807, 2.05) is 31.5 Å². The van der Waals surface area contributed by atoms with Crippen LogP contribution in [-0.2, 0) is 17.9 Å². The first kappa shape index (κ1) is 13.7. The Morgan fingerprint density at radius 2 is 2.29 bits per heavy atom. The van der Waals surface area contributed by atoms with Crippen LogP contribution in [0.25, 0.3) is 0 Å². The first-order chi connectivity index (χ1) is 8.04. The minimum Gasteiger partial charge on any atom is -0.383 e. The Labute approximate surface area is 102 Å². The summed E-state index contributed by atoms with van der Waals surface area (Å²) in [5.41, 5.74) is 0. The van der Waals surface area contributed by atoms with Gasteiger partial charge in [0.2, 0.25) is 5.91 Å². The van der Waals surface area contributed by atoms with E-state index in [0.717, 1.165) is 12.4 Å². The van der Waals surface area contributed by atoms with Gasteiger partial charge in [-0.15, -0.1) is 0 Å². The average Bonchev–Trinajstić information content (AvgIpc) is 2.72. The van der Waals surface area contributed by atoms with Crippen LogP contribution in [0.15, 0.2) is 12.4 Å². The van der Waals surface area contributed by atoms with Crippen molar-refractivity contribution in [1.29, 1.82) is 0 Å². The molecule has 2 N–H and O–H groups in total. The summed E-state index contributed by atoms with van der Waals surface area (Å²) in [6.07, 6.45) is 3.12. The van der Waals surface area contributed by atoms with Crippen LogP contribution in [0.5, 0.6) is 0 Å². The number of aliphatic hydroxyl groups excluding tert-OH is 1. The Kier molecular flexibility index (Phi) is 5.15. The maximum absolute atomic E-state index is 11.6. The van der Waals surface area contributed by atoms with E-state index >= 15 is 0 Å². The number of nitrogens with one attached hydrogen (secondary N) is 1. The van der Waals surface area contributed by atoms with Crippen LogP contribution in [0.2, 0.25) is 0 Å². The summed E-state index contributed by atoms with van der Waals surface area (Å²) in [5, 5.41) is 12.3. The van der Waals surface area contributed by atoms with E-state index in [4.69, 9.17) is 0 Å². The van der Waals surface area contributed by atoms with Crippen LogP contribution in [0.4, 0.5) is 0 Å². The number of amides is 1. The van der Waals surface area contributed by atoms with Crippen molar-refractivity contribution < 1.29 is 9.90 Å². The van der Waals surface area contributed by atoms with Crippen LogP contribution in [0.1, 0.15) is 33.0 Å². The molecule has 96 valence electrons. The lowest BCUT2D eigenvalue weighted by atomic mass is 10.1. The number of nitrogens with zero attached hydrogens (tertiary/aromatic N) is 2. The fourth-order valence-corrected chi connectivity index (χ4v) is 1.63. The molecule has 1 heterocycles. The minimum absolute atomic E-state index is 0.299. The third-order valence-corrected chi connectivity index (χ3v) is 2.56. The summed E-state index contributed by atoms with van der Waals surface area (Å²) in [5.74, 6) is 0.773. The summed E-state index contributed by atoms with van der Waals surface area (Å²) < 4.78 is 1.95. The molecule has 0 saturated carbocycles. The monoisotopic (exact) mass is 239 g/mol. The van der Waals surface area contributed by atoms with Gasteiger partial charge in [0.05, 0.1) is 6.54 Å². The SMILES string of the molecule is CCn1ccnc1CNC(=O)[C@H](O)CC(C)C. The first-order valence-electron chi connectivity index (χ1n) is 6.00. The molecular weight excluding hydrogens is 218 g/mol. The number of hydrogen-bond acceptors (Lipinski definition) is 3. The van der Waals surface area contributed by atoms with Crippen molar-refractivity contribution >= 4 is 5.91 Å². The molecule has 5 nitrogen and oxygen atoms in total. The standard InChI is InChI=1S/C12H21N3O2/c1-4-15-6-5-13-11(15)8-14-12(17)10(16)7-9(2)3/h5-6,9-10,16H,4,7-8H2,1-3H3,(H,14,17)/t10-/m1/s1. The topological polar surface area (TPSA) is 67.2 Å². The molecule has 1 atom stereocenters. The van der Waals surface area contributed by atoms with Crippen molar-refractivity contribution in [3.05, 3.63) is 18.2 Å². The Hall–Kier alpha value is -1.36. The minimum atomic E-state index is -0.931. The van der Waals surface area contributed by atoms with Gasteiger partial charge in [0.15, 0.2) is 0 Å². The molecule has 0 aliphatic heterocycles. The molecule has 0 bridgehead atoms. The lowest BCUT2D eigenvalue weighted by Crippen LogP contribution is -2.35. The quantitative estimate of drug-likeness (QED) is 0.776. The van der Waals surface area contributed by atoms with Crippen LogP contribution >= 0.6 is 0 Å². The van der Waals surface area contributed by atoms with E-state index in [1.165, 1.54) is 0 Å². The highest BCUT2D eigenvalue weighted by Gasteiger charge is 2.16. The van der Waals surface area contributed by atoms with Crippen LogP contribution < -0.4 is 5.32 Å². The number of carbonyl (C=O) groups excluding carboxylic acids is 1. The summed E-state index contributed by atoms with van der Waals surface area (Å²) in [7, 11) is 0. The Morgan fingerprint density at radius 3 is 2.88 bits per heavy atom. The van der Waals surface area contributed by atoms with Crippen molar-refractivity contribution in [2.75, 3.05) is 0 Å². The van der Waals surface area contributed by atoms with Crippen molar-refractivity contribution in [2.45, 2.75) is 46.4 Å². The van der Waals surface area contributed by atoms with E-state index in [-0.39, 0.29) is 5.91 Å². The number of aromatic nitrogens is 2. The molecule has 0 saturated heterocycles. The first-order valence-corrected chi connectivity index (χ1v) is 6.00. The van der Waals surface area contributed by atoms with Gasteiger partial charge >= 0.3 is 0 Å². The molecule has 0 aliphatic carbocycles. The molecule has 1 aromatic rings. The predicted molar refractivity (Wildman–Crippen MR) is 65.2 cm³/mol. The van der Waals surface area contributed by atoms with Crippen molar-refractivity contribution in [2.24, 2.45) is 5.92 Å². The van der Waals surface area contributed by atoms with Crippen LogP contribution in [-0.4, -0.2) is 26.7 Å². The second-order valence-corrected chi connectivity index (χ2v) is 4.49. The predicted octanol–water partition coefficient (Wildman–Crippen LogP) is 0.926. The van der Waals surface area contributed by atoms with Gasteiger partial charge in [-0.25, -0.2) is 4.98 Å². The fraction of sp³-hybridized carbons (Fsp3) is 0.667. The second-order valence-electron chi connectivity index (χ2n) is 4.49. The van der Waals surface area contributed by atoms with Crippen LogP contribution in [0.3, 0.4) is 0 Å². The average molecular weight is 239 g/mol. The number of rotatable bonds is 6. The van der Waals surface area contributed by atoms with Crippen molar-refractivity contribution in [1.82, 2.24) is 14.9 Å². The normalized spacial score (nSPS) is 12.8. The number of carbonyl (C=O) groups is 1. The van der Waals surface area contributed by atoms with Gasteiger partial charge in [-0.05, 0) is 19.3 Å². The van der Waals surface area contributed by atoms with Gasteiger partial charge in [0, 0.05) is 18.9 Å². The van der Waals surface area contributed by atoms with Gasteiger partial charge in [-0.1, -0.05) is 13.8 Å². The molecule has 0 unspecified atom stereocenters. The molecule has 0 fully saturated rings. The summed E-state index contributed by atoms with van der Waals surface area (Å²) >= 11 is 0. The molecule has 1 amide bonds. The zero-order valence-electron chi connectivity index (χ0n) is 10.7. The van der Waals surface area contributed by atoms with Crippen LogP contribution in [0, 0.1) is 5.92 Å². The molecule has 0 radical (unpaired) electrons. The largest absolute Gasteiger partial charge is 0.383 e. The molecule has 5 heteroatoms. The summed E-state index contributed by atoms with van der Waals surface area (Å²) in [4.78, 5) is 15.7. The Balaban J connectivity index is 2.43. The summed E-state index contributed by atoms with van der Waals surface area (Å²) in [6.45, 7) is 7.13. The zero-order valence-corrected chi connectivity index (χ0v) is 10.7. The van der Waals surface area contributed by atoms with Gasteiger partial charge in [-0.2, -0.15) is 0 Å². The Morgan fingerprint density at radius 1 is 1.59 bits per heavy atom. The van der Waals surface area contributed by atoms with Gasteiger partial charge < -0.3 is 15.0 Å². The molecular formula is C12H21N3O2. The maximum Gasteiger partial charge on any atom is 0.249 e. The molecule has 17 heavy (non-hydrogen) atoms. The number of imidazole rings is 1. The lowest BCUT2D eigenvalue weighted by Gasteiger charge is -2.13. The highest BCUT2D eigenvalue weighted by Crippen LogP contribution is 2.04. The third-order valence-electron chi connectivity index (χ3n) is 2.56. The maximum atomic E-state index is 11.6. The molecule has 0 spiro atoms. The van der Waals surface area contributed by atoms with E-state index in [2.05, 4.69) is 10.3 Å². The molecule has 1 rings (SSSR count). The lowest BCUT2D eigenvalue weighted by molar-refractivity contribution is -0.130. The molecule has 0 aliphatic rings. The van der Waals surface area contributed by atoms with E-state index in [1.54, 1.807) is 6.20 Å². The van der Waals surface area contributed by atoms with Crippen molar-refractivity contribution in [3.8, 4) is 0 Å². The number of aliphatic hydroxyl groups is 1. The second kappa shape index (κ2) is 6.39. The van der Waals surface area contributed by atoms with Gasteiger partial charge in [0.1, 0.15) is 11.9 Å². The number of hydrogen-bond donors (Lipinski definition) is 2. The Bertz CT molecular complexity index is 360. The third kappa shape index (κ3) is 4.19. The zero-order chi connectivity index (χ0) is 12.8. The van der Waals surface area contributed by atoms with E-state index in [9.17, 15) is 9.90 Å². The van der Waals surface area contributed by atoms with Gasteiger partial charge in [0.25, 0.3) is 0 Å². The molecule has 0 aromatic carbocycles. The smallest absolute Gasteiger partial charge is 0.249 e. The van der Waals surface area contributed by atoms with E-state index < -0.39 is 6.10 Å². The molecule has 1 aromatic heterocycles. The highest BCUT2D eigenvalue weighted by atomic mass is 16.3. The fourth-order valence-electron chi connectivity index (χ4n) is 1.63. The van der Waals surface area contributed by atoms with E-state index in [0.29, 0.717) is 18.9 Å². The summed E-state index contributed by atoms with van der Waals surface area (Å²) in [6, 6.07) is 0. The van der Waals surface area contributed by atoms with Crippen molar-refractivity contribution in [3.63, 3.8) is 0 Å². The highest BCUT2D eigenvalue weighted by molar-refractivity contribution is 5.80. The number of aryl methyl sites for hydroxylation is 1. The van der Waals surface area contributed by atoms with Gasteiger partial charge in [-0.3, -0.25) is 4.79 Å².